The van der Waals surface area contributed by atoms with Crippen molar-refractivity contribution in [2.75, 3.05) is 0 Å². The molecule has 2 unspecified atom stereocenters. The lowest BCUT2D eigenvalue weighted by Crippen LogP contribution is -2.48. The Hall–Kier alpha value is -1.10. The van der Waals surface area contributed by atoms with Gasteiger partial charge in [-0.2, -0.15) is 0 Å². The number of nitrogens with one attached hydrogen (secondary N) is 2. The standard InChI is InChI=1S/C12H25N3O2/c1-4-5-6-7-8-9(2)14-10(3)11(16)15-12(13)17/h9-10,14H,4-8H2,1-3H3,(H3,13,15,16,17). The Balaban J connectivity index is 3.74. The number of nitrogens with two attached hydrogens (primary N) is 1. The topological polar surface area (TPSA) is 84.2 Å². The molecular formula is C12H25N3O2. The highest BCUT2D eigenvalue weighted by Gasteiger charge is 2.15. The molecule has 0 aliphatic rings. The summed E-state index contributed by atoms with van der Waals surface area (Å²) in [4.78, 5) is 21.9. The Kier molecular flexibility index (Phi) is 8.40. The summed E-state index contributed by atoms with van der Waals surface area (Å²) in [6.07, 6.45) is 5.90. The molecule has 0 spiro atoms. The van der Waals surface area contributed by atoms with Gasteiger partial charge in [0.15, 0.2) is 0 Å². The van der Waals surface area contributed by atoms with E-state index in [2.05, 4.69) is 17.6 Å². The Morgan fingerprint density at radius 1 is 1.18 bits per heavy atom. The zero-order chi connectivity index (χ0) is 13.3. The maximum Gasteiger partial charge on any atom is 0.318 e. The van der Waals surface area contributed by atoms with Gasteiger partial charge in [-0.05, 0) is 20.3 Å². The summed E-state index contributed by atoms with van der Waals surface area (Å²) >= 11 is 0. The van der Waals surface area contributed by atoms with E-state index in [-0.39, 0.29) is 11.9 Å². The number of amides is 3. The Morgan fingerprint density at radius 2 is 1.82 bits per heavy atom. The summed E-state index contributed by atoms with van der Waals surface area (Å²) in [6.45, 7) is 5.94. The maximum absolute atomic E-state index is 11.4. The molecule has 0 aromatic carbocycles. The van der Waals surface area contributed by atoms with Crippen LogP contribution in [0.15, 0.2) is 0 Å². The summed E-state index contributed by atoms with van der Waals surface area (Å²) in [7, 11) is 0. The minimum atomic E-state index is -0.806. The van der Waals surface area contributed by atoms with Crippen LogP contribution in [0.3, 0.4) is 0 Å². The van der Waals surface area contributed by atoms with Gasteiger partial charge >= 0.3 is 6.03 Å². The van der Waals surface area contributed by atoms with Crippen molar-refractivity contribution in [2.24, 2.45) is 5.73 Å². The molecule has 100 valence electrons. The van der Waals surface area contributed by atoms with E-state index in [1.807, 2.05) is 6.92 Å². The molecule has 2 atom stereocenters. The van der Waals surface area contributed by atoms with Crippen molar-refractivity contribution in [1.29, 1.82) is 0 Å². The monoisotopic (exact) mass is 243 g/mol. The van der Waals surface area contributed by atoms with Crippen molar-refractivity contribution in [3.63, 3.8) is 0 Å². The molecule has 5 heteroatoms. The van der Waals surface area contributed by atoms with Crippen LogP contribution < -0.4 is 16.4 Å². The highest BCUT2D eigenvalue weighted by Crippen LogP contribution is 2.05. The van der Waals surface area contributed by atoms with E-state index in [4.69, 9.17) is 5.73 Å². The molecule has 0 aliphatic carbocycles. The summed E-state index contributed by atoms with van der Waals surface area (Å²) in [5.41, 5.74) is 4.88. The molecule has 4 N–H and O–H groups in total. The van der Waals surface area contributed by atoms with Crippen LogP contribution in [0.25, 0.3) is 0 Å². The molecule has 0 fully saturated rings. The van der Waals surface area contributed by atoms with Crippen molar-refractivity contribution < 1.29 is 9.59 Å². The predicted octanol–water partition coefficient (Wildman–Crippen LogP) is 1.52. The van der Waals surface area contributed by atoms with E-state index in [1.165, 1.54) is 19.3 Å². The van der Waals surface area contributed by atoms with Gasteiger partial charge in [-0.1, -0.05) is 32.6 Å². The largest absolute Gasteiger partial charge is 0.351 e. The van der Waals surface area contributed by atoms with E-state index in [0.717, 1.165) is 12.8 Å². The van der Waals surface area contributed by atoms with Gasteiger partial charge < -0.3 is 11.1 Å². The van der Waals surface area contributed by atoms with Crippen molar-refractivity contribution in [3.8, 4) is 0 Å². The molecular weight excluding hydrogens is 218 g/mol. The Morgan fingerprint density at radius 3 is 2.35 bits per heavy atom. The van der Waals surface area contributed by atoms with Gasteiger partial charge in [-0.25, -0.2) is 4.79 Å². The molecule has 0 saturated heterocycles. The van der Waals surface area contributed by atoms with E-state index >= 15 is 0 Å². The molecule has 0 heterocycles. The van der Waals surface area contributed by atoms with Crippen molar-refractivity contribution in [2.45, 2.75) is 65.0 Å². The number of carbonyl (C=O) groups excluding carboxylic acids is 2. The first-order chi connectivity index (χ1) is 7.97. The van der Waals surface area contributed by atoms with Crippen molar-refractivity contribution >= 4 is 11.9 Å². The second-order valence-corrected chi connectivity index (χ2v) is 4.49. The number of hydrogen-bond acceptors (Lipinski definition) is 3. The Bertz CT molecular complexity index is 244. The van der Waals surface area contributed by atoms with Gasteiger partial charge in [0.1, 0.15) is 0 Å². The summed E-state index contributed by atoms with van der Waals surface area (Å²) in [5, 5.41) is 5.20. The molecule has 0 bridgehead atoms. The lowest BCUT2D eigenvalue weighted by Gasteiger charge is -2.18. The van der Waals surface area contributed by atoms with Crippen molar-refractivity contribution in [3.05, 3.63) is 0 Å². The van der Waals surface area contributed by atoms with E-state index in [1.54, 1.807) is 6.92 Å². The average Bonchev–Trinajstić information content (AvgIpc) is 2.23. The molecule has 0 aromatic heterocycles. The smallest absolute Gasteiger partial charge is 0.318 e. The molecule has 17 heavy (non-hydrogen) atoms. The quantitative estimate of drug-likeness (QED) is 0.565. The molecule has 0 radical (unpaired) electrons. The van der Waals surface area contributed by atoms with Crippen LogP contribution in [0.2, 0.25) is 0 Å². The molecule has 0 aliphatic heterocycles. The molecule has 3 amide bonds. The number of rotatable bonds is 8. The Labute approximate surface area is 104 Å². The zero-order valence-corrected chi connectivity index (χ0v) is 11.1. The van der Waals surface area contributed by atoms with Gasteiger partial charge in [-0.15, -0.1) is 0 Å². The van der Waals surface area contributed by atoms with Crippen LogP contribution in [0.4, 0.5) is 4.79 Å². The first kappa shape index (κ1) is 15.9. The van der Waals surface area contributed by atoms with Crippen LogP contribution in [-0.2, 0) is 4.79 Å². The molecule has 0 rings (SSSR count). The van der Waals surface area contributed by atoms with Gasteiger partial charge in [0.25, 0.3) is 0 Å². The van der Waals surface area contributed by atoms with Gasteiger partial charge in [0.2, 0.25) is 5.91 Å². The fourth-order valence-corrected chi connectivity index (χ4v) is 1.69. The number of hydrogen-bond donors (Lipinski definition) is 3. The minimum absolute atomic E-state index is 0.264. The highest BCUT2D eigenvalue weighted by molar-refractivity contribution is 5.96. The SMILES string of the molecule is CCCCCCC(C)NC(C)C(=O)NC(N)=O. The van der Waals surface area contributed by atoms with E-state index < -0.39 is 12.1 Å². The van der Waals surface area contributed by atoms with Crippen molar-refractivity contribution in [1.82, 2.24) is 10.6 Å². The third-order valence-corrected chi connectivity index (χ3v) is 2.66. The number of imide groups is 1. The van der Waals surface area contributed by atoms with Gasteiger partial charge in [0, 0.05) is 6.04 Å². The van der Waals surface area contributed by atoms with E-state index in [9.17, 15) is 9.59 Å². The average molecular weight is 243 g/mol. The van der Waals surface area contributed by atoms with E-state index in [0.29, 0.717) is 0 Å². The minimum Gasteiger partial charge on any atom is -0.351 e. The number of primary amides is 1. The van der Waals surface area contributed by atoms with Gasteiger partial charge in [-0.3, -0.25) is 10.1 Å². The molecule has 0 saturated carbocycles. The first-order valence-corrected chi connectivity index (χ1v) is 6.33. The summed E-state index contributed by atoms with van der Waals surface area (Å²) in [5.74, 6) is -0.377. The fraction of sp³-hybridized carbons (Fsp3) is 0.833. The van der Waals surface area contributed by atoms with Crippen LogP contribution in [-0.4, -0.2) is 24.0 Å². The van der Waals surface area contributed by atoms with Crippen LogP contribution in [0.1, 0.15) is 52.9 Å². The second kappa shape index (κ2) is 8.98. The van der Waals surface area contributed by atoms with Crippen LogP contribution in [0.5, 0.6) is 0 Å². The third kappa shape index (κ3) is 8.68. The fourth-order valence-electron chi connectivity index (χ4n) is 1.69. The lowest BCUT2D eigenvalue weighted by atomic mass is 10.1. The lowest BCUT2D eigenvalue weighted by molar-refractivity contribution is -0.121. The summed E-state index contributed by atoms with van der Waals surface area (Å²) in [6, 6.07) is -0.941. The number of urea groups is 1. The first-order valence-electron chi connectivity index (χ1n) is 6.33. The third-order valence-electron chi connectivity index (χ3n) is 2.66. The van der Waals surface area contributed by atoms with Crippen LogP contribution >= 0.6 is 0 Å². The number of carbonyl (C=O) groups is 2. The summed E-state index contributed by atoms with van der Waals surface area (Å²) < 4.78 is 0. The predicted molar refractivity (Wildman–Crippen MR) is 68.5 cm³/mol. The highest BCUT2D eigenvalue weighted by atomic mass is 16.2. The maximum atomic E-state index is 11.4. The van der Waals surface area contributed by atoms with Gasteiger partial charge in [0.05, 0.1) is 6.04 Å². The second-order valence-electron chi connectivity index (χ2n) is 4.49. The normalized spacial score (nSPS) is 14.1. The molecule has 0 aromatic rings. The number of unbranched alkanes of at least 4 members (excludes halogenated alkanes) is 3. The molecule has 5 nitrogen and oxygen atoms in total. The van der Waals surface area contributed by atoms with Crippen LogP contribution in [0, 0.1) is 0 Å². The zero-order valence-electron chi connectivity index (χ0n) is 11.1.